The van der Waals surface area contributed by atoms with Crippen molar-refractivity contribution in [2.45, 2.75) is 31.7 Å². The van der Waals surface area contributed by atoms with E-state index >= 15 is 0 Å². The van der Waals surface area contributed by atoms with Crippen molar-refractivity contribution in [3.63, 3.8) is 0 Å². The van der Waals surface area contributed by atoms with E-state index in [0.29, 0.717) is 48.8 Å². The molecule has 174 valence electrons. The fourth-order valence-corrected chi connectivity index (χ4v) is 4.65. The number of ether oxygens (including phenoxy) is 2. The number of benzene rings is 1. The van der Waals surface area contributed by atoms with Crippen LogP contribution in [0.2, 0.25) is 5.02 Å². The van der Waals surface area contributed by atoms with Crippen LogP contribution >= 0.6 is 11.6 Å². The van der Waals surface area contributed by atoms with Crippen LogP contribution in [0.4, 0.5) is 19.0 Å². The van der Waals surface area contributed by atoms with Gasteiger partial charge in [-0.05, 0) is 35.4 Å². The highest BCUT2D eigenvalue weighted by atomic mass is 35.5. The molecule has 2 atom stereocenters. The van der Waals surface area contributed by atoms with Crippen molar-refractivity contribution < 1.29 is 27.8 Å². The molecule has 1 fully saturated rings. The molecule has 2 aliphatic heterocycles. The van der Waals surface area contributed by atoms with Gasteiger partial charge in [-0.2, -0.15) is 13.2 Å². The molecule has 0 aliphatic carbocycles. The third-order valence-corrected chi connectivity index (χ3v) is 6.40. The Bertz CT molecular complexity index is 1220. The maximum atomic E-state index is 13.2. The second-order valence-corrected chi connectivity index (χ2v) is 8.42. The standard InChI is InChI=1S/C22H20ClF3N4O3/c23-16-7-17-12(14-8-33-9-15(14)20(27)29-17)6-13(16)21(31)30-3-4-32-10-18(30)11-1-2-28-19(5-11)22(24,25)26/h1-2,5-7,18,21,31H,3-4,8-10H2,(H2,27,29). The molecule has 1 saturated heterocycles. The molecule has 0 spiro atoms. The topological polar surface area (TPSA) is 93.7 Å². The molecule has 3 aromatic rings. The number of fused-ring (bicyclic) bond motifs is 3. The van der Waals surface area contributed by atoms with Crippen LogP contribution in [0.25, 0.3) is 10.9 Å². The highest BCUT2D eigenvalue weighted by Gasteiger charge is 2.36. The number of rotatable bonds is 3. The molecule has 2 aliphatic rings. The van der Waals surface area contributed by atoms with E-state index in [1.165, 1.54) is 6.07 Å². The Morgan fingerprint density at radius 1 is 1.18 bits per heavy atom. The maximum absolute atomic E-state index is 13.2. The van der Waals surface area contributed by atoms with Crippen molar-refractivity contribution in [1.82, 2.24) is 14.9 Å². The van der Waals surface area contributed by atoms with Gasteiger partial charge in [0.05, 0.1) is 38.0 Å². The zero-order valence-electron chi connectivity index (χ0n) is 17.3. The summed E-state index contributed by atoms with van der Waals surface area (Å²) in [5.41, 5.74) is 8.09. The fraction of sp³-hybridized carbons (Fsp3) is 0.364. The number of morpholine rings is 1. The molecular formula is C22H20ClF3N4O3. The Hall–Kier alpha value is -2.50. The van der Waals surface area contributed by atoms with Crippen molar-refractivity contribution in [3.8, 4) is 0 Å². The SMILES string of the molecule is Nc1nc2cc(Cl)c(C(O)N3CCOCC3c3ccnc(C(F)(F)F)c3)cc2c2c1COC2. The van der Waals surface area contributed by atoms with E-state index in [4.69, 9.17) is 26.8 Å². The molecule has 11 heteroatoms. The van der Waals surface area contributed by atoms with Gasteiger partial charge in [-0.25, -0.2) is 4.98 Å². The van der Waals surface area contributed by atoms with Crippen molar-refractivity contribution in [3.05, 3.63) is 63.4 Å². The number of nitrogens with two attached hydrogens (primary N) is 1. The van der Waals surface area contributed by atoms with Crippen molar-refractivity contribution in [1.29, 1.82) is 0 Å². The van der Waals surface area contributed by atoms with Crippen molar-refractivity contribution in [2.24, 2.45) is 0 Å². The minimum Gasteiger partial charge on any atom is -0.383 e. The first-order chi connectivity index (χ1) is 15.7. The van der Waals surface area contributed by atoms with Gasteiger partial charge >= 0.3 is 6.18 Å². The molecule has 2 aromatic heterocycles. The number of pyridine rings is 2. The molecule has 0 radical (unpaired) electrons. The lowest BCUT2D eigenvalue weighted by Crippen LogP contribution is -2.42. The van der Waals surface area contributed by atoms with Gasteiger partial charge in [0.25, 0.3) is 0 Å². The van der Waals surface area contributed by atoms with Gasteiger partial charge in [-0.3, -0.25) is 9.88 Å². The first-order valence-corrected chi connectivity index (χ1v) is 10.6. The lowest BCUT2D eigenvalue weighted by Gasteiger charge is -2.39. The minimum atomic E-state index is -4.58. The Morgan fingerprint density at radius 2 is 1.97 bits per heavy atom. The minimum absolute atomic E-state index is 0.116. The van der Waals surface area contributed by atoms with Gasteiger partial charge < -0.3 is 20.3 Å². The maximum Gasteiger partial charge on any atom is 0.433 e. The fourth-order valence-electron chi connectivity index (χ4n) is 4.39. The normalized spacial score (nSPS) is 20.2. The molecule has 4 heterocycles. The first-order valence-electron chi connectivity index (χ1n) is 10.3. The van der Waals surface area contributed by atoms with Crippen LogP contribution < -0.4 is 5.73 Å². The van der Waals surface area contributed by atoms with E-state index in [1.807, 2.05) is 0 Å². The monoisotopic (exact) mass is 480 g/mol. The van der Waals surface area contributed by atoms with E-state index in [9.17, 15) is 18.3 Å². The van der Waals surface area contributed by atoms with Crippen LogP contribution in [0, 0.1) is 0 Å². The predicted octanol–water partition coefficient (Wildman–Crippen LogP) is 3.98. The highest BCUT2D eigenvalue weighted by Crippen LogP contribution is 2.39. The van der Waals surface area contributed by atoms with Crippen molar-refractivity contribution in [2.75, 3.05) is 25.5 Å². The molecule has 1 aromatic carbocycles. The number of hydrogen-bond donors (Lipinski definition) is 2. The van der Waals surface area contributed by atoms with E-state index in [-0.39, 0.29) is 11.6 Å². The molecule has 5 rings (SSSR count). The summed E-state index contributed by atoms with van der Waals surface area (Å²) in [6.07, 6.45) is -4.65. The number of nitrogen functional groups attached to an aromatic ring is 1. The van der Waals surface area contributed by atoms with E-state index in [0.717, 1.165) is 28.8 Å². The summed E-state index contributed by atoms with van der Waals surface area (Å²) < 4.78 is 50.6. The van der Waals surface area contributed by atoms with Gasteiger partial charge in [0.1, 0.15) is 17.7 Å². The molecule has 0 bridgehead atoms. The van der Waals surface area contributed by atoms with E-state index < -0.39 is 24.1 Å². The number of anilines is 1. The number of hydrogen-bond acceptors (Lipinski definition) is 7. The van der Waals surface area contributed by atoms with Crippen molar-refractivity contribution >= 4 is 28.3 Å². The van der Waals surface area contributed by atoms with Crippen LogP contribution in [0.5, 0.6) is 0 Å². The smallest absolute Gasteiger partial charge is 0.383 e. The van der Waals surface area contributed by atoms with Crippen LogP contribution in [-0.4, -0.2) is 39.7 Å². The lowest BCUT2D eigenvalue weighted by molar-refractivity contribution is -0.141. The van der Waals surface area contributed by atoms with E-state index in [1.54, 1.807) is 17.0 Å². The Kier molecular flexibility index (Phi) is 5.66. The Morgan fingerprint density at radius 3 is 2.76 bits per heavy atom. The summed E-state index contributed by atoms with van der Waals surface area (Å²) >= 11 is 6.51. The summed E-state index contributed by atoms with van der Waals surface area (Å²) in [7, 11) is 0. The summed E-state index contributed by atoms with van der Waals surface area (Å²) in [6, 6.07) is 5.24. The number of halogens is 4. The molecule has 7 nitrogen and oxygen atoms in total. The summed E-state index contributed by atoms with van der Waals surface area (Å²) in [5, 5.41) is 12.4. The molecule has 3 N–H and O–H groups in total. The molecular weight excluding hydrogens is 461 g/mol. The summed E-state index contributed by atoms with van der Waals surface area (Å²) in [5.74, 6) is 0.380. The Balaban J connectivity index is 1.54. The first kappa shape index (κ1) is 22.3. The number of nitrogens with zero attached hydrogens (tertiary/aromatic N) is 3. The zero-order valence-corrected chi connectivity index (χ0v) is 18.0. The van der Waals surface area contributed by atoms with E-state index in [2.05, 4.69) is 9.97 Å². The number of aliphatic hydroxyl groups is 1. The number of aliphatic hydroxyl groups excluding tert-OH is 1. The predicted molar refractivity (Wildman–Crippen MR) is 114 cm³/mol. The van der Waals surface area contributed by atoms with Gasteiger partial charge in [0.2, 0.25) is 0 Å². The Labute approximate surface area is 191 Å². The van der Waals surface area contributed by atoms with Crippen LogP contribution in [0.1, 0.15) is 40.2 Å². The summed E-state index contributed by atoms with van der Waals surface area (Å²) in [4.78, 5) is 9.50. The molecule has 0 saturated carbocycles. The average molecular weight is 481 g/mol. The number of alkyl halides is 3. The third kappa shape index (κ3) is 4.02. The number of aromatic nitrogens is 2. The third-order valence-electron chi connectivity index (χ3n) is 6.07. The van der Waals surface area contributed by atoms with Crippen LogP contribution in [0.15, 0.2) is 30.5 Å². The largest absolute Gasteiger partial charge is 0.433 e. The van der Waals surface area contributed by atoms with Gasteiger partial charge in [0.15, 0.2) is 0 Å². The lowest BCUT2D eigenvalue weighted by atomic mass is 9.99. The van der Waals surface area contributed by atoms with Gasteiger partial charge in [-0.1, -0.05) is 11.6 Å². The molecule has 33 heavy (non-hydrogen) atoms. The second kappa shape index (κ2) is 8.37. The van der Waals surface area contributed by atoms with Crippen LogP contribution in [-0.2, 0) is 28.9 Å². The zero-order chi connectivity index (χ0) is 23.3. The molecule has 0 amide bonds. The van der Waals surface area contributed by atoms with Gasteiger partial charge in [0, 0.05) is 34.3 Å². The highest BCUT2D eigenvalue weighted by molar-refractivity contribution is 6.32. The summed E-state index contributed by atoms with van der Waals surface area (Å²) in [6.45, 7) is 1.46. The molecule has 2 unspecified atom stereocenters. The average Bonchev–Trinajstić information content (AvgIpc) is 3.29. The quantitative estimate of drug-likeness (QED) is 0.585. The second-order valence-electron chi connectivity index (χ2n) is 8.01. The van der Waals surface area contributed by atoms with Gasteiger partial charge in [-0.15, -0.1) is 0 Å². The van der Waals surface area contributed by atoms with Crippen LogP contribution in [0.3, 0.4) is 0 Å².